The second kappa shape index (κ2) is 6.48. The van der Waals surface area contributed by atoms with Crippen molar-refractivity contribution in [3.05, 3.63) is 53.6 Å². The number of rotatable bonds is 2. The van der Waals surface area contributed by atoms with Crippen LogP contribution < -0.4 is 4.90 Å². The number of halogens is 3. The Morgan fingerprint density at radius 3 is 2.42 bits per heavy atom. The summed E-state index contributed by atoms with van der Waals surface area (Å²) in [4.78, 5) is 10.3. The van der Waals surface area contributed by atoms with Gasteiger partial charge in [-0.05, 0) is 31.0 Å². The zero-order valence-corrected chi connectivity index (χ0v) is 12.7. The van der Waals surface area contributed by atoms with Crippen LogP contribution in [-0.2, 0) is 6.18 Å². The average molecular weight is 331 g/mol. The predicted molar refractivity (Wildman–Crippen MR) is 81.2 cm³/mol. The summed E-state index contributed by atoms with van der Waals surface area (Å²) in [6, 6.07) is 8.25. The second-order valence-electron chi connectivity index (χ2n) is 5.64. The van der Waals surface area contributed by atoms with Crippen molar-refractivity contribution in [2.24, 2.45) is 0 Å². The van der Waals surface area contributed by atoms with Crippen LogP contribution in [0.15, 0.2) is 30.6 Å². The molecule has 4 nitrogen and oxygen atoms in total. The number of piperidine rings is 1. The van der Waals surface area contributed by atoms with Crippen LogP contribution in [-0.4, -0.2) is 23.1 Å². The van der Waals surface area contributed by atoms with Crippen LogP contribution in [0.2, 0.25) is 0 Å². The Labute approximate surface area is 137 Å². The van der Waals surface area contributed by atoms with Gasteiger partial charge in [-0.15, -0.1) is 0 Å². The lowest BCUT2D eigenvalue weighted by Gasteiger charge is -2.33. The molecule has 0 atom stereocenters. The molecule has 0 bridgehead atoms. The number of hydrogen-bond donors (Lipinski definition) is 0. The topological polar surface area (TPSA) is 52.8 Å². The van der Waals surface area contributed by atoms with Gasteiger partial charge in [0.15, 0.2) is 0 Å². The molecule has 0 aliphatic carbocycles. The Morgan fingerprint density at radius 1 is 1.17 bits per heavy atom. The molecule has 1 aromatic heterocycles. The van der Waals surface area contributed by atoms with Gasteiger partial charge < -0.3 is 4.90 Å². The number of anilines is 1. The van der Waals surface area contributed by atoms with Crippen LogP contribution in [0, 0.1) is 17.4 Å². The fourth-order valence-electron chi connectivity index (χ4n) is 2.94. The molecule has 0 amide bonds. The van der Waals surface area contributed by atoms with E-state index in [2.05, 4.69) is 16.0 Å². The van der Waals surface area contributed by atoms with Gasteiger partial charge in [0, 0.05) is 43.2 Å². The minimum Gasteiger partial charge on any atom is -0.371 e. The van der Waals surface area contributed by atoms with Gasteiger partial charge >= 0.3 is 6.18 Å². The van der Waals surface area contributed by atoms with Crippen LogP contribution in [0.25, 0.3) is 0 Å². The van der Waals surface area contributed by atoms with E-state index in [1.54, 1.807) is 24.5 Å². The summed E-state index contributed by atoms with van der Waals surface area (Å²) in [5.41, 5.74) is -0.747. The molecule has 7 heteroatoms. The molecule has 1 aromatic carbocycles. The monoisotopic (exact) mass is 331 g/mol. The van der Waals surface area contributed by atoms with Crippen LogP contribution in [0.1, 0.15) is 35.7 Å². The Kier molecular flexibility index (Phi) is 4.38. The van der Waals surface area contributed by atoms with Gasteiger partial charge in [-0.1, -0.05) is 0 Å². The minimum atomic E-state index is -4.53. The van der Waals surface area contributed by atoms with Crippen molar-refractivity contribution in [3.63, 3.8) is 0 Å². The van der Waals surface area contributed by atoms with Gasteiger partial charge in [-0.3, -0.25) is 0 Å². The Hall–Kier alpha value is -2.62. The Balaban J connectivity index is 1.76. The first kappa shape index (κ1) is 16.2. The summed E-state index contributed by atoms with van der Waals surface area (Å²) in [6.45, 7) is 1.24. The molecule has 0 saturated carbocycles. The maximum atomic E-state index is 13.1. The number of benzene rings is 1. The number of nitrogens with zero attached hydrogens (tertiary/aromatic N) is 4. The normalized spacial score (nSPS) is 16.0. The van der Waals surface area contributed by atoms with Crippen molar-refractivity contribution in [1.29, 1.82) is 5.26 Å². The molecule has 0 unspecified atom stereocenters. The fourth-order valence-corrected chi connectivity index (χ4v) is 2.94. The van der Waals surface area contributed by atoms with E-state index >= 15 is 0 Å². The van der Waals surface area contributed by atoms with E-state index < -0.39 is 11.7 Å². The summed E-state index contributed by atoms with van der Waals surface area (Å²) in [7, 11) is 0. The summed E-state index contributed by atoms with van der Waals surface area (Å²) in [5.74, 6) is 0.959. The fraction of sp³-hybridized carbons (Fsp3) is 0.353. The molecular formula is C17H14F3N4. The van der Waals surface area contributed by atoms with E-state index in [4.69, 9.17) is 5.26 Å². The predicted octanol–water partition coefficient (Wildman–Crippen LogP) is 3.55. The van der Waals surface area contributed by atoms with E-state index in [1.807, 2.05) is 4.90 Å². The molecular weight excluding hydrogens is 317 g/mol. The van der Waals surface area contributed by atoms with E-state index in [-0.39, 0.29) is 11.5 Å². The summed E-state index contributed by atoms with van der Waals surface area (Å²) < 4.78 is 39.2. The van der Waals surface area contributed by atoms with E-state index in [9.17, 15) is 13.2 Å². The average Bonchev–Trinajstić information content (AvgIpc) is 2.61. The van der Waals surface area contributed by atoms with Crippen molar-refractivity contribution < 1.29 is 13.2 Å². The molecule has 1 aliphatic rings. The lowest BCUT2D eigenvalue weighted by atomic mass is 9.95. The Morgan fingerprint density at radius 2 is 1.83 bits per heavy atom. The largest absolute Gasteiger partial charge is 0.417 e. The molecule has 1 aliphatic heterocycles. The number of alkyl halides is 3. The molecule has 1 fully saturated rings. The SMILES string of the molecule is N#Cc1ccc(N2CCC(c3nc[c]cn3)CC2)cc1C(F)(F)F. The first-order valence-corrected chi connectivity index (χ1v) is 7.53. The van der Waals surface area contributed by atoms with Crippen LogP contribution >= 0.6 is 0 Å². The minimum absolute atomic E-state index is 0.205. The first-order valence-electron chi connectivity index (χ1n) is 7.53. The Bertz CT molecular complexity index is 745. The molecule has 0 N–H and O–H groups in total. The van der Waals surface area contributed by atoms with E-state index in [1.165, 1.54) is 6.07 Å². The first-order chi connectivity index (χ1) is 11.5. The zero-order valence-electron chi connectivity index (χ0n) is 12.7. The van der Waals surface area contributed by atoms with Crippen molar-refractivity contribution >= 4 is 5.69 Å². The van der Waals surface area contributed by atoms with Gasteiger partial charge in [0.2, 0.25) is 0 Å². The standard InChI is InChI=1S/C17H14F3N4/c18-17(19,20)15-10-14(3-2-13(15)11-21)24-8-4-12(5-9-24)16-22-6-1-7-23-16/h2-3,6-7,10,12H,4-5,8-9H2. The number of aromatic nitrogens is 2. The molecule has 2 aromatic rings. The second-order valence-corrected chi connectivity index (χ2v) is 5.64. The molecule has 0 spiro atoms. The van der Waals surface area contributed by atoms with Crippen molar-refractivity contribution in [2.45, 2.75) is 24.9 Å². The maximum absolute atomic E-state index is 13.1. The van der Waals surface area contributed by atoms with Gasteiger partial charge in [0.25, 0.3) is 0 Å². The summed E-state index contributed by atoms with van der Waals surface area (Å²) >= 11 is 0. The highest BCUT2D eigenvalue weighted by Gasteiger charge is 2.34. The third kappa shape index (κ3) is 3.32. The lowest BCUT2D eigenvalue weighted by molar-refractivity contribution is -0.137. The highest BCUT2D eigenvalue weighted by molar-refractivity contribution is 5.55. The lowest BCUT2D eigenvalue weighted by Crippen LogP contribution is -2.33. The summed E-state index contributed by atoms with van der Waals surface area (Å²) in [5, 5.41) is 8.86. The molecule has 24 heavy (non-hydrogen) atoms. The summed E-state index contributed by atoms with van der Waals surface area (Å²) in [6.07, 6.45) is 0.153. The highest BCUT2D eigenvalue weighted by atomic mass is 19.4. The molecule has 123 valence electrons. The molecule has 2 heterocycles. The van der Waals surface area contributed by atoms with Gasteiger partial charge in [-0.2, -0.15) is 18.4 Å². The molecule has 1 saturated heterocycles. The molecule has 1 radical (unpaired) electrons. The van der Waals surface area contributed by atoms with Crippen molar-refractivity contribution in [3.8, 4) is 6.07 Å². The maximum Gasteiger partial charge on any atom is 0.417 e. The smallest absolute Gasteiger partial charge is 0.371 e. The van der Waals surface area contributed by atoms with Crippen LogP contribution in [0.4, 0.5) is 18.9 Å². The van der Waals surface area contributed by atoms with Gasteiger partial charge in [0.05, 0.1) is 17.2 Å². The highest BCUT2D eigenvalue weighted by Crippen LogP contribution is 2.36. The van der Waals surface area contributed by atoms with Crippen molar-refractivity contribution in [1.82, 2.24) is 9.97 Å². The van der Waals surface area contributed by atoms with Crippen molar-refractivity contribution in [2.75, 3.05) is 18.0 Å². The quantitative estimate of drug-likeness (QED) is 0.844. The molecule has 3 rings (SSSR count). The van der Waals surface area contributed by atoms with Crippen LogP contribution in [0.5, 0.6) is 0 Å². The third-order valence-corrected chi connectivity index (χ3v) is 4.20. The van der Waals surface area contributed by atoms with Crippen LogP contribution in [0.3, 0.4) is 0 Å². The zero-order chi connectivity index (χ0) is 17.2. The van der Waals surface area contributed by atoms with E-state index in [0.29, 0.717) is 18.8 Å². The number of nitriles is 1. The van der Waals surface area contributed by atoms with Gasteiger partial charge in [0.1, 0.15) is 5.82 Å². The van der Waals surface area contributed by atoms with E-state index in [0.717, 1.165) is 24.7 Å². The third-order valence-electron chi connectivity index (χ3n) is 4.20. The van der Waals surface area contributed by atoms with Gasteiger partial charge in [-0.25, -0.2) is 9.97 Å². The number of hydrogen-bond acceptors (Lipinski definition) is 4.